The van der Waals surface area contributed by atoms with Crippen molar-refractivity contribution in [1.29, 1.82) is 0 Å². The van der Waals surface area contributed by atoms with Crippen LogP contribution in [0.3, 0.4) is 0 Å². The number of nitrogens with zero attached hydrogens (tertiary/aromatic N) is 4. The van der Waals surface area contributed by atoms with Gasteiger partial charge in [0.2, 0.25) is 11.6 Å². The van der Waals surface area contributed by atoms with Gasteiger partial charge in [-0.25, -0.2) is 4.98 Å². The lowest BCUT2D eigenvalue weighted by Gasteiger charge is -2.10. The van der Waals surface area contributed by atoms with Crippen LogP contribution in [-0.2, 0) is 28.9 Å². The van der Waals surface area contributed by atoms with E-state index < -0.39 is 31.1 Å². The quantitative estimate of drug-likeness (QED) is 0.392. The van der Waals surface area contributed by atoms with Gasteiger partial charge in [-0.3, -0.25) is 4.79 Å². The molecule has 0 unspecified atom stereocenters. The number of ether oxygens (including phenoxy) is 2. The van der Waals surface area contributed by atoms with Crippen molar-refractivity contribution in [2.24, 2.45) is 0 Å². The molecular weight excluding hydrogens is 429 g/mol. The predicted octanol–water partition coefficient (Wildman–Crippen LogP) is 4.25. The molecule has 8 nitrogen and oxygen atoms in total. The lowest BCUT2D eigenvalue weighted by atomic mass is 10.2. The molecule has 2 aromatic heterocycles. The molecule has 0 bridgehead atoms. The second kappa shape index (κ2) is 8.69. The van der Waals surface area contributed by atoms with Crippen molar-refractivity contribution in [3.05, 3.63) is 60.2 Å². The molecule has 166 valence electrons. The number of rotatable bonds is 7. The first-order chi connectivity index (χ1) is 15.4. The van der Waals surface area contributed by atoms with Crippen LogP contribution in [0.1, 0.15) is 18.6 Å². The Kier molecular flexibility index (Phi) is 5.80. The zero-order chi connectivity index (χ0) is 22.7. The second-order valence-corrected chi connectivity index (χ2v) is 6.61. The van der Waals surface area contributed by atoms with E-state index in [0.29, 0.717) is 17.9 Å². The third-order valence-electron chi connectivity index (χ3n) is 4.45. The summed E-state index contributed by atoms with van der Waals surface area (Å²) in [6.45, 7) is 1.22. The van der Waals surface area contributed by atoms with Crippen LogP contribution in [0.4, 0.5) is 13.2 Å². The minimum atomic E-state index is -4.73. The van der Waals surface area contributed by atoms with Gasteiger partial charge in [-0.2, -0.15) is 18.2 Å². The van der Waals surface area contributed by atoms with Gasteiger partial charge in [0.1, 0.15) is 12.3 Å². The monoisotopic (exact) mass is 446 g/mol. The summed E-state index contributed by atoms with van der Waals surface area (Å²) in [7, 11) is 0. The second-order valence-electron chi connectivity index (χ2n) is 6.61. The Balaban J connectivity index is 1.47. The molecule has 0 amide bonds. The first-order valence-electron chi connectivity index (χ1n) is 9.59. The fourth-order valence-electron chi connectivity index (χ4n) is 3.12. The van der Waals surface area contributed by atoms with Crippen LogP contribution >= 0.6 is 0 Å². The summed E-state index contributed by atoms with van der Waals surface area (Å²) in [5.41, 5.74) is 0.891. The third kappa shape index (κ3) is 4.41. The van der Waals surface area contributed by atoms with Crippen LogP contribution in [0.5, 0.6) is 5.75 Å². The maximum Gasteiger partial charge on any atom is 0.449 e. The molecule has 4 aromatic rings. The maximum absolute atomic E-state index is 13.4. The van der Waals surface area contributed by atoms with Crippen molar-refractivity contribution in [3.8, 4) is 17.1 Å². The van der Waals surface area contributed by atoms with Gasteiger partial charge in [-0.15, -0.1) is 0 Å². The number of hydrogen-bond donors (Lipinski definition) is 0. The van der Waals surface area contributed by atoms with Crippen molar-refractivity contribution in [2.45, 2.75) is 26.3 Å². The molecule has 0 saturated carbocycles. The van der Waals surface area contributed by atoms with E-state index in [1.807, 2.05) is 6.92 Å². The summed E-state index contributed by atoms with van der Waals surface area (Å²) in [6, 6.07) is 13.1. The predicted molar refractivity (Wildman–Crippen MR) is 105 cm³/mol. The number of carbonyl (C=O) groups is 1. The highest BCUT2D eigenvalue weighted by molar-refractivity contribution is 5.79. The van der Waals surface area contributed by atoms with Crippen molar-refractivity contribution in [2.75, 3.05) is 6.61 Å². The van der Waals surface area contributed by atoms with Crippen molar-refractivity contribution >= 4 is 17.0 Å². The molecule has 4 rings (SSSR count). The number of imidazole rings is 1. The minimum absolute atomic E-state index is 0.00816. The molecule has 32 heavy (non-hydrogen) atoms. The zero-order valence-corrected chi connectivity index (χ0v) is 16.8. The smallest absolute Gasteiger partial charge is 0.449 e. The van der Waals surface area contributed by atoms with E-state index in [4.69, 9.17) is 14.0 Å². The highest BCUT2D eigenvalue weighted by atomic mass is 19.4. The normalized spacial score (nSPS) is 11.6. The van der Waals surface area contributed by atoms with E-state index in [1.54, 1.807) is 36.4 Å². The number of carbonyl (C=O) groups excluding carboxylic acids is 1. The van der Waals surface area contributed by atoms with Crippen molar-refractivity contribution < 1.29 is 32.0 Å². The van der Waals surface area contributed by atoms with Crippen LogP contribution in [-0.4, -0.2) is 32.3 Å². The van der Waals surface area contributed by atoms with Gasteiger partial charge in [-0.1, -0.05) is 29.4 Å². The fourth-order valence-corrected chi connectivity index (χ4v) is 3.12. The molecule has 0 atom stereocenters. The van der Waals surface area contributed by atoms with E-state index in [1.165, 1.54) is 12.1 Å². The largest absolute Gasteiger partial charge is 0.493 e. The number of halogens is 3. The number of benzene rings is 2. The van der Waals surface area contributed by atoms with E-state index in [0.717, 1.165) is 4.57 Å². The first kappa shape index (κ1) is 21.3. The number of fused-ring (bicyclic) bond motifs is 1. The number of para-hydroxylation sites is 3. The topological polar surface area (TPSA) is 92.3 Å². The average Bonchev–Trinajstić information content (AvgIpc) is 3.38. The zero-order valence-electron chi connectivity index (χ0n) is 16.8. The SMILES string of the molecule is CCOc1ccccc1-c1noc(COC(=O)Cn2c(C(F)(F)F)nc3ccccc32)n1. The molecule has 2 heterocycles. The lowest BCUT2D eigenvalue weighted by molar-refractivity contribution is -0.151. The minimum Gasteiger partial charge on any atom is -0.493 e. The fraction of sp³-hybridized carbons (Fsp3) is 0.238. The number of esters is 1. The third-order valence-corrected chi connectivity index (χ3v) is 4.45. The van der Waals surface area contributed by atoms with Crippen LogP contribution in [0, 0.1) is 0 Å². The summed E-state index contributed by atoms with van der Waals surface area (Å²) in [5.74, 6) is -1.30. The Morgan fingerprint density at radius 2 is 1.84 bits per heavy atom. The Morgan fingerprint density at radius 3 is 2.62 bits per heavy atom. The van der Waals surface area contributed by atoms with Gasteiger partial charge in [0.15, 0.2) is 6.61 Å². The highest BCUT2D eigenvalue weighted by Crippen LogP contribution is 2.31. The summed E-state index contributed by atoms with van der Waals surface area (Å²) in [5, 5.41) is 3.85. The summed E-state index contributed by atoms with van der Waals surface area (Å²) in [4.78, 5) is 20.0. The lowest BCUT2D eigenvalue weighted by Crippen LogP contribution is -2.20. The van der Waals surface area contributed by atoms with Gasteiger partial charge < -0.3 is 18.6 Å². The van der Waals surface area contributed by atoms with Gasteiger partial charge in [0, 0.05) is 0 Å². The standard InChI is InChI=1S/C21H17F3N4O4/c1-2-30-16-10-6-3-7-13(16)19-26-17(32-27-19)12-31-18(29)11-28-15-9-5-4-8-14(15)25-20(28)21(22,23)24/h3-10H,2,11-12H2,1H3. The first-order valence-corrected chi connectivity index (χ1v) is 9.59. The summed E-state index contributed by atoms with van der Waals surface area (Å²) >= 11 is 0. The molecule has 2 aromatic carbocycles. The molecule has 0 aliphatic rings. The summed E-state index contributed by atoms with van der Waals surface area (Å²) in [6.07, 6.45) is -4.73. The van der Waals surface area contributed by atoms with Crippen molar-refractivity contribution in [3.63, 3.8) is 0 Å². The van der Waals surface area contributed by atoms with Gasteiger partial charge in [0.25, 0.3) is 5.89 Å². The molecule has 0 N–H and O–H groups in total. The van der Waals surface area contributed by atoms with Crippen LogP contribution in [0.2, 0.25) is 0 Å². The number of alkyl halides is 3. The van der Waals surface area contributed by atoms with E-state index in [9.17, 15) is 18.0 Å². The number of aromatic nitrogens is 4. The van der Waals surface area contributed by atoms with E-state index >= 15 is 0 Å². The molecule has 11 heteroatoms. The van der Waals surface area contributed by atoms with Gasteiger partial charge in [0.05, 0.1) is 23.2 Å². The highest BCUT2D eigenvalue weighted by Gasteiger charge is 2.38. The van der Waals surface area contributed by atoms with Crippen LogP contribution in [0.15, 0.2) is 53.1 Å². The van der Waals surface area contributed by atoms with Gasteiger partial charge in [-0.05, 0) is 31.2 Å². The summed E-state index contributed by atoms with van der Waals surface area (Å²) < 4.78 is 56.5. The molecule has 0 spiro atoms. The molecule has 0 aliphatic carbocycles. The Bertz CT molecular complexity index is 1250. The molecule has 0 aliphatic heterocycles. The van der Waals surface area contributed by atoms with E-state index in [-0.39, 0.29) is 22.7 Å². The molecule has 0 saturated heterocycles. The average molecular weight is 446 g/mol. The van der Waals surface area contributed by atoms with Crippen LogP contribution < -0.4 is 4.74 Å². The molecule has 0 fully saturated rings. The van der Waals surface area contributed by atoms with Crippen LogP contribution in [0.25, 0.3) is 22.4 Å². The molecular formula is C21H17F3N4O4. The Hall–Kier alpha value is -3.89. The Labute approximate surface area is 179 Å². The number of hydrogen-bond acceptors (Lipinski definition) is 7. The Morgan fingerprint density at radius 1 is 1.09 bits per heavy atom. The maximum atomic E-state index is 13.4. The van der Waals surface area contributed by atoms with E-state index in [2.05, 4.69) is 15.1 Å². The van der Waals surface area contributed by atoms with Crippen molar-refractivity contribution in [1.82, 2.24) is 19.7 Å². The molecule has 0 radical (unpaired) electrons. The van der Waals surface area contributed by atoms with Gasteiger partial charge >= 0.3 is 12.1 Å².